The predicted molar refractivity (Wildman–Crippen MR) is 116 cm³/mol. The zero-order valence-corrected chi connectivity index (χ0v) is 15.6. The molecule has 2 aliphatic rings. The van der Waals surface area contributed by atoms with Gasteiger partial charge in [0.1, 0.15) is 0 Å². The summed E-state index contributed by atoms with van der Waals surface area (Å²) in [6.07, 6.45) is 0. The molecule has 0 radical (unpaired) electrons. The van der Waals surface area contributed by atoms with Crippen LogP contribution in [0.25, 0.3) is 21.8 Å². The third-order valence-corrected chi connectivity index (χ3v) is 6.67. The topological polar surface area (TPSA) is 8.17 Å². The Morgan fingerprint density at radius 2 is 1.39 bits per heavy atom. The van der Waals surface area contributed by atoms with Gasteiger partial charge in [0.05, 0.1) is 27.9 Å². The summed E-state index contributed by atoms with van der Waals surface area (Å²) in [5.74, 6) is 0. The number of aromatic nitrogens is 1. The smallest absolute Gasteiger partial charge is 0.0988 e. The molecule has 7 rings (SSSR count). The highest BCUT2D eigenvalue weighted by molar-refractivity contribution is 6.15. The molecule has 0 aliphatic carbocycles. The maximum absolute atomic E-state index is 2.55. The average molecular weight is 358 g/mol. The van der Waals surface area contributed by atoms with Crippen LogP contribution in [0.5, 0.6) is 0 Å². The molecule has 0 N–H and O–H groups in total. The molecule has 2 heteroatoms. The lowest BCUT2D eigenvalue weighted by molar-refractivity contribution is 0.462. The highest BCUT2D eigenvalue weighted by Crippen LogP contribution is 2.61. The number of fused-ring (bicyclic) bond motifs is 6. The number of para-hydroxylation sites is 3. The summed E-state index contributed by atoms with van der Waals surface area (Å²) < 4.78 is 2.55. The molecule has 1 atom stereocenters. The van der Waals surface area contributed by atoms with E-state index in [-0.39, 0.29) is 5.54 Å². The van der Waals surface area contributed by atoms with Crippen LogP contribution >= 0.6 is 0 Å². The van der Waals surface area contributed by atoms with Gasteiger partial charge in [0.2, 0.25) is 0 Å². The Hall–Kier alpha value is -3.52. The molecule has 1 unspecified atom stereocenters. The van der Waals surface area contributed by atoms with Gasteiger partial charge in [0, 0.05) is 27.6 Å². The quantitative estimate of drug-likeness (QED) is 0.323. The van der Waals surface area contributed by atoms with Crippen molar-refractivity contribution in [2.75, 3.05) is 4.90 Å². The summed E-state index contributed by atoms with van der Waals surface area (Å²) in [6, 6.07) is 33.0. The van der Waals surface area contributed by atoms with Crippen LogP contribution in [0.4, 0.5) is 17.1 Å². The minimum absolute atomic E-state index is 0.130. The number of benzene rings is 4. The van der Waals surface area contributed by atoms with Gasteiger partial charge in [-0.25, -0.2) is 0 Å². The van der Waals surface area contributed by atoms with E-state index in [2.05, 4.69) is 107 Å². The van der Waals surface area contributed by atoms with E-state index < -0.39 is 0 Å². The van der Waals surface area contributed by atoms with Gasteiger partial charge in [-0.2, -0.15) is 0 Å². The molecule has 0 saturated carbocycles. The lowest BCUT2D eigenvalue weighted by Crippen LogP contribution is -2.45. The maximum Gasteiger partial charge on any atom is 0.0988 e. The summed E-state index contributed by atoms with van der Waals surface area (Å²) in [5.41, 5.74) is 9.18. The maximum atomic E-state index is 2.55. The molecule has 5 aromatic rings. The van der Waals surface area contributed by atoms with Crippen molar-refractivity contribution >= 4 is 38.9 Å². The zero-order valence-electron chi connectivity index (χ0n) is 15.6. The van der Waals surface area contributed by atoms with Crippen LogP contribution in [0, 0.1) is 0 Å². The largest absolute Gasteiger partial charge is 0.326 e. The molecule has 0 spiro atoms. The van der Waals surface area contributed by atoms with E-state index in [0.717, 1.165) is 0 Å². The number of hydrogen-bond donors (Lipinski definition) is 0. The lowest BCUT2D eigenvalue weighted by atomic mass is 9.73. The normalized spacial score (nSPS) is 19.0. The minimum Gasteiger partial charge on any atom is -0.326 e. The van der Waals surface area contributed by atoms with Gasteiger partial charge >= 0.3 is 0 Å². The fourth-order valence-corrected chi connectivity index (χ4v) is 5.56. The van der Waals surface area contributed by atoms with Gasteiger partial charge < -0.3 is 9.47 Å². The molecule has 3 heterocycles. The SMILES string of the molecule is CC12c3ccccc3N(c3ccccc3)c3ccc4c5ccccc5n1c4c32. The summed E-state index contributed by atoms with van der Waals surface area (Å²) >= 11 is 0. The molecule has 0 fully saturated rings. The van der Waals surface area contributed by atoms with E-state index in [1.165, 1.54) is 50.0 Å². The van der Waals surface area contributed by atoms with Crippen molar-refractivity contribution < 1.29 is 0 Å². The second-order valence-electron chi connectivity index (χ2n) is 7.97. The molecule has 1 aromatic heterocycles. The van der Waals surface area contributed by atoms with Crippen molar-refractivity contribution in [1.29, 1.82) is 0 Å². The highest BCUT2D eigenvalue weighted by atomic mass is 15.2. The van der Waals surface area contributed by atoms with E-state index in [4.69, 9.17) is 0 Å². The third kappa shape index (κ3) is 1.42. The van der Waals surface area contributed by atoms with Gasteiger partial charge in [-0.1, -0.05) is 60.7 Å². The van der Waals surface area contributed by atoms with Crippen molar-refractivity contribution in [2.45, 2.75) is 12.5 Å². The molecular formula is C26H18N2. The van der Waals surface area contributed by atoms with E-state index in [1.807, 2.05) is 0 Å². The van der Waals surface area contributed by atoms with Crippen LogP contribution in [-0.2, 0) is 5.54 Å². The van der Waals surface area contributed by atoms with E-state index >= 15 is 0 Å². The summed E-state index contributed by atoms with van der Waals surface area (Å²) in [5, 5.41) is 2.71. The zero-order chi connectivity index (χ0) is 18.5. The molecule has 0 saturated heterocycles. The second-order valence-corrected chi connectivity index (χ2v) is 7.97. The fraction of sp³-hybridized carbons (Fsp3) is 0.0769. The Morgan fingerprint density at radius 3 is 2.29 bits per heavy atom. The first-order valence-corrected chi connectivity index (χ1v) is 9.82. The standard InChI is InChI=1S/C26H18N2/c1-26-20-12-6-8-14-22(20)27(17-9-3-2-4-10-17)23-16-15-19-18-11-5-7-13-21(18)28(26)25(19)24(23)26/h2-16H,1H3. The molecule has 0 amide bonds. The number of nitrogens with zero attached hydrogens (tertiary/aromatic N) is 2. The van der Waals surface area contributed by atoms with Gasteiger partial charge in [0.25, 0.3) is 0 Å². The summed E-state index contributed by atoms with van der Waals surface area (Å²) in [7, 11) is 0. The molecule has 28 heavy (non-hydrogen) atoms. The Balaban J connectivity index is 1.68. The first-order chi connectivity index (χ1) is 13.8. The molecule has 4 aromatic carbocycles. The van der Waals surface area contributed by atoms with Crippen LogP contribution in [0.2, 0.25) is 0 Å². The second kappa shape index (κ2) is 4.66. The predicted octanol–water partition coefficient (Wildman–Crippen LogP) is 6.70. The Morgan fingerprint density at radius 1 is 0.643 bits per heavy atom. The monoisotopic (exact) mass is 358 g/mol. The molecule has 132 valence electrons. The molecule has 2 nitrogen and oxygen atoms in total. The van der Waals surface area contributed by atoms with Crippen molar-refractivity contribution in [1.82, 2.24) is 4.57 Å². The third-order valence-electron chi connectivity index (χ3n) is 6.67. The van der Waals surface area contributed by atoms with Crippen LogP contribution in [0.1, 0.15) is 18.1 Å². The molecule has 2 aliphatic heterocycles. The van der Waals surface area contributed by atoms with E-state index in [1.54, 1.807) is 0 Å². The van der Waals surface area contributed by atoms with Crippen LogP contribution in [0.3, 0.4) is 0 Å². The van der Waals surface area contributed by atoms with Gasteiger partial charge in [-0.15, -0.1) is 0 Å². The van der Waals surface area contributed by atoms with Gasteiger partial charge in [0.15, 0.2) is 0 Å². The van der Waals surface area contributed by atoms with Crippen molar-refractivity contribution in [3.05, 3.63) is 102 Å². The number of hydrogen-bond acceptors (Lipinski definition) is 1. The number of rotatable bonds is 1. The van der Waals surface area contributed by atoms with Gasteiger partial charge in [-0.3, -0.25) is 0 Å². The highest BCUT2D eigenvalue weighted by Gasteiger charge is 2.50. The average Bonchev–Trinajstić information content (AvgIpc) is 3.07. The molecule has 0 bridgehead atoms. The Labute approximate surface area is 163 Å². The first-order valence-electron chi connectivity index (χ1n) is 9.82. The minimum atomic E-state index is -0.130. The first kappa shape index (κ1) is 14.5. The number of anilines is 3. The summed E-state index contributed by atoms with van der Waals surface area (Å²) in [6.45, 7) is 2.38. The Bertz CT molecular complexity index is 1430. The lowest BCUT2D eigenvalue weighted by Gasteiger charge is -2.50. The van der Waals surface area contributed by atoms with Crippen LogP contribution in [0.15, 0.2) is 91.0 Å². The van der Waals surface area contributed by atoms with Crippen LogP contribution < -0.4 is 4.90 Å². The van der Waals surface area contributed by atoms with Crippen LogP contribution in [-0.4, -0.2) is 4.57 Å². The van der Waals surface area contributed by atoms with E-state index in [9.17, 15) is 0 Å². The van der Waals surface area contributed by atoms with Crippen molar-refractivity contribution in [2.24, 2.45) is 0 Å². The van der Waals surface area contributed by atoms with Crippen molar-refractivity contribution in [3.63, 3.8) is 0 Å². The van der Waals surface area contributed by atoms with Gasteiger partial charge in [-0.05, 0) is 37.3 Å². The summed E-state index contributed by atoms with van der Waals surface area (Å²) in [4.78, 5) is 2.42. The van der Waals surface area contributed by atoms with Crippen molar-refractivity contribution in [3.8, 4) is 0 Å². The Kier molecular flexibility index (Phi) is 2.42. The fourth-order valence-electron chi connectivity index (χ4n) is 5.56. The molecular weight excluding hydrogens is 340 g/mol. The van der Waals surface area contributed by atoms with E-state index in [0.29, 0.717) is 0 Å².